The zero-order chi connectivity index (χ0) is 20.8. The number of anilines is 1. The molecule has 0 atom stereocenters. The normalized spacial score (nSPS) is 10.2. The van der Waals surface area contributed by atoms with E-state index in [1.165, 1.54) is 14.2 Å². The number of hydrogen-bond donors (Lipinski definition) is 2. The van der Waals surface area contributed by atoms with Crippen molar-refractivity contribution in [1.29, 1.82) is 0 Å². The molecule has 0 aliphatic rings. The smallest absolute Gasteiger partial charge is 0.255 e. The summed E-state index contributed by atoms with van der Waals surface area (Å²) in [6, 6.07) is 15.3. The van der Waals surface area contributed by atoms with Gasteiger partial charge in [0.05, 0.1) is 18.4 Å². The molecule has 0 saturated heterocycles. The van der Waals surface area contributed by atoms with Crippen molar-refractivity contribution < 1.29 is 19.1 Å². The Labute approximate surface area is 168 Å². The fourth-order valence-electron chi connectivity index (χ4n) is 2.64. The lowest BCUT2D eigenvalue weighted by Gasteiger charge is -2.12. The maximum atomic E-state index is 12.6. The Morgan fingerprint density at radius 2 is 1.69 bits per heavy atom. The van der Waals surface area contributed by atoms with E-state index in [1.807, 2.05) is 19.1 Å². The highest BCUT2D eigenvalue weighted by Gasteiger charge is 2.15. The molecule has 2 aromatic carbocycles. The summed E-state index contributed by atoms with van der Waals surface area (Å²) in [5.74, 6) is 0.930. The molecule has 0 saturated carbocycles. The molecule has 1 heterocycles. The van der Waals surface area contributed by atoms with Crippen LogP contribution in [0.5, 0.6) is 17.4 Å². The lowest BCUT2D eigenvalue weighted by atomic mass is 10.1. The summed E-state index contributed by atoms with van der Waals surface area (Å²) < 4.78 is 10.9. The minimum Gasteiger partial charge on any atom is -0.497 e. The van der Waals surface area contributed by atoms with E-state index in [4.69, 9.17) is 9.47 Å². The van der Waals surface area contributed by atoms with Crippen LogP contribution >= 0.6 is 0 Å². The summed E-state index contributed by atoms with van der Waals surface area (Å²) in [4.78, 5) is 28.9. The number of rotatable bonds is 6. The van der Waals surface area contributed by atoms with Gasteiger partial charge in [0, 0.05) is 24.4 Å². The van der Waals surface area contributed by atoms with Crippen molar-refractivity contribution in [3.63, 3.8) is 0 Å². The zero-order valence-electron chi connectivity index (χ0n) is 16.4. The summed E-state index contributed by atoms with van der Waals surface area (Å²) in [7, 11) is 3.03. The number of aromatic nitrogens is 1. The van der Waals surface area contributed by atoms with E-state index in [0.29, 0.717) is 34.2 Å². The van der Waals surface area contributed by atoms with E-state index in [9.17, 15) is 9.59 Å². The predicted octanol–water partition coefficient (Wildman–Crippen LogP) is 3.80. The van der Waals surface area contributed by atoms with Gasteiger partial charge in [-0.25, -0.2) is 4.98 Å². The first-order valence-electron chi connectivity index (χ1n) is 8.93. The largest absolute Gasteiger partial charge is 0.497 e. The monoisotopic (exact) mass is 391 g/mol. The van der Waals surface area contributed by atoms with Gasteiger partial charge in [0.25, 0.3) is 11.8 Å². The molecule has 0 aliphatic heterocycles. The molecule has 0 aliphatic carbocycles. The van der Waals surface area contributed by atoms with Gasteiger partial charge in [-0.05, 0) is 55.5 Å². The van der Waals surface area contributed by atoms with Crippen LogP contribution in [-0.2, 0) is 0 Å². The molecule has 2 amide bonds. The molecule has 148 valence electrons. The van der Waals surface area contributed by atoms with E-state index in [-0.39, 0.29) is 11.8 Å². The van der Waals surface area contributed by atoms with Gasteiger partial charge in [-0.15, -0.1) is 0 Å². The van der Waals surface area contributed by atoms with E-state index >= 15 is 0 Å². The minimum absolute atomic E-state index is 0.311. The highest BCUT2D eigenvalue weighted by molar-refractivity contribution is 6.09. The second-order valence-electron chi connectivity index (χ2n) is 6.20. The van der Waals surface area contributed by atoms with Crippen LogP contribution < -0.4 is 20.1 Å². The van der Waals surface area contributed by atoms with Crippen LogP contribution in [0, 0.1) is 6.92 Å². The fraction of sp³-hybridized carbons (Fsp3) is 0.136. The standard InChI is InChI=1S/C22H21N3O4/c1-14-5-4-12-24-22(14)29-16-8-6-15(7-9-16)20(26)25-19-11-10-17(28-3)13-18(19)21(27)23-2/h4-13H,1-3H3,(H,23,27)(H,25,26). The maximum absolute atomic E-state index is 12.6. The highest BCUT2D eigenvalue weighted by Crippen LogP contribution is 2.25. The molecular weight excluding hydrogens is 370 g/mol. The number of hydrogen-bond acceptors (Lipinski definition) is 5. The van der Waals surface area contributed by atoms with Crippen molar-refractivity contribution in [3.8, 4) is 17.4 Å². The van der Waals surface area contributed by atoms with Crippen molar-refractivity contribution in [3.05, 3.63) is 77.5 Å². The lowest BCUT2D eigenvalue weighted by Crippen LogP contribution is -2.21. The fourth-order valence-corrected chi connectivity index (χ4v) is 2.64. The van der Waals surface area contributed by atoms with Gasteiger partial charge in [-0.3, -0.25) is 9.59 Å². The minimum atomic E-state index is -0.346. The van der Waals surface area contributed by atoms with E-state index in [2.05, 4.69) is 15.6 Å². The molecule has 0 radical (unpaired) electrons. The van der Waals surface area contributed by atoms with Gasteiger partial charge >= 0.3 is 0 Å². The molecule has 7 nitrogen and oxygen atoms in total. The van der Waals surface area contributed by atoms with Crippen LogP contribution in [0.15, 0.2) is 60.8 Å². The zero-order valence-corrected chi connectivity index (χ0v) is 16.4. The first kappa shape index (κ1) is 19.9. The van der Waals surface area contributed by atoms with E-state index < -0.39 is 0 Å². The Balaban J connectivity index is 1.76. The van der Waals surface area contributed by atoms with Crippen molar-refractivity contribution in [2.45, 2.75) is 6.92 Å². The van der Waals surface area contributed by atoms with Crippen molar-refractivity contribution in [2.24, 2.45) is 0 Å². The Kier molecular flexibility index (Phi) is 6.09. The van der Waals surface area contributed by atoms with Crippen molar-refractivity contribution >= 4 is 17.5 Å². The van der Waals surface area contributed by atoms with Crippen LogP contribution in [0.1, 0.15) is 26.3 Å². The Hall–Kier alpha value is -3.87. The quantitative estimate of drug-likeness (QED) is 0.667. The number of nitrogens with one attached hydrogen (secondary N) is 2. The van der Waals surface area contributed by atoms with Gasteiger partial charge < -0.3 is 20.1 Å². The third kappa shape index (κ3) is 4.70. The van der Waals surface area contributed by atoms with Crippen molar-refractivity contribution in [1.82, 2.24) is 10.3 Å². The number of carbonyl (C=O) groups excluding carboxylic acids is 2. The van der Waals surface area contributed by atoms with Crippen LogP contribution in [0.25, 0.3) is 0 Å². The third-order valence-corrected chi connectivity index (χ3v) is 4.24. The summed E-state index contributed by atoms with van der Waals surface area (Å²) in [5, 5.41) is 5.32. The predicted molar refractivity (Wildman–Crippen MR) is 110 cm³/mol. The second-order valence-corrected chi connectivity index (χ2v) is 6.20. The SMILES string of the molecule is CNC(=O)c1cc(OC)ccc1NC(=O)c1ccc(Oc2ncccc2C)cc1. The van der Waals surface area contributed by atoms with E-state index in [0.717, 1.165) is 5.56 Å². The lowest BCUT2D eigenvalue weighted by molar-refractivity contribution is 0.0963. The molecule has 29 heavy (non-hydrogen) atoms. The van der Waals surface area contributed by atoms with Gasteiger partial charge in [0.1, 0.15) is 11.5 Å². The Morgan fingerprint density at radius 1 is 0.966 bits per heavy atom. The summed E-state index contributed by atoms with van der Waals surface area (Å²) >= 11 is 0. The highest BCUT2D eigenvalue weighted by atomic mass is 16.5. The molecule has 2 N–H and O–H groups in total. The maximum Gasteiger partial charge on any atom is 0.255 e. The van der Waals surface area contributed by atoms with Crippen molar-refractivity contribution in [2.75, 3.05) is 19.5 Å². The molecule has 3 aromatic rings. The number of amides is 2. The van der Waals surface area contributed by atoms with Crippen LogP contribution in [-0.4, -0.2) is 31.0 Å². The topological polar surface area (TPSA) is 89.6 Å². The first-order valence-corrected chi connectivity index (χ1v) is 8.93. The molecule has 0 bridgehead atoms. The van der Waals surface area contributed by atoms with Gasteiger partial charge in [0.2, 0.25) is 5.88 Å². The number of methoxy groups -OCH3 is 1. The molecule has 1 aromatic heterocycles. The Bertz CT molecular complexity index is 1030. The van der Waals surface area contributed by atoms with Crippen LogP contribution in [0.3, 0.4) is 0 Å². The summed E-state index contributed by atoms with van der Waals surface area (Å²) in [6.07, 6.45) is 1.66. The van der Waals surface area contributed by atoms with Crippen LogP contribution in [0.2, 0.25) is 0 Å². The van der Waals surface area contributed by atoms with Gasteiger partial charge in [-0.2, -0.15) is 0 Å². The second kappa shape index (κ2) is 8.88. The van der Waals surface area contributed by atoms with Gasteiger partial charge in [-0.1, -0.05) is 6.07 Å². The van der Waals surface area contributed by atoms with Gasteiger partial charge in [0.15, 0.2) is 0 Å². The Morgan fingerprint density at radius 3 is 2.34 bits per heavy atom. The number of carbonyl (C=O) groups is 2. The molecule has 0 unspecified atom stereocenters. The van der Waals surface area contributed by atoms with E-state index in [1.54, 1.807) is 48.7 Å². The third-order valence-electron chi connectivity index (χ3n) is 4.24. The molecule has 7 heteroatoms. The average Bonchev–Trinajstić information content (AvgIpc) is 2.75. The summed E-state index contributed by atoms with van der Waals surface area (Å²) in [5.41, 5.74) is 2.04. The molecule has 3 rings (SSSR count). The molecular formula is C22H21N3O4. The average molecular weight is 391 g/mol. The number of benzene rings is 2. The molecule has 0 spiro atoms. The number of pyridine rings is 1. The molecule has 0 fully saturated rings. The summed E-state index contributed by atoms with van der Waals surface area (Å²) in [6.45, 7) is 1.91. The number of nitrogens with zero attached hydrogens (tertiary/aromatic N) is 1. The van der Waals surface area contributed by atoms with Crippen LogP contribution in [0.4, 0.5) is 5.69 Å². The first-order chi connectivity index (χ1) is 14.0. The number of ether oxygens (including phenoxy) is 2. The number of aryl methyl sites for hydroxylation is 1.